The van der Waals surface area contributed by atoms with Gasteiger partial charge in [0.2, 0.25) is 11.8 Å². The molecule has 13 heteroatoms. The van der Waals surface area contributed by atoms with Gasteiger partial charge in [0.15, 0.2) is 0 Å². The summed E-state index contributed by atoms with van der Waals surface area (Å²) in [6.07, 6.45) is 0.240. The fraction of sp³-hybridized carbons (Fsp3) is 0.310. The highest BCUT2D eigenvalue weighted by Gasteiger charge is 2.34. The molecular weight excluding hydrogens is 603 g/mol. The number of amides is 2. The summed E-state index contributed by atoms with van der Waals surface area (Å²) in [5.41, 5.74) is 0.311. The molecule has 0 saturated carbocycles. The molecule has 3 aromatic carbocycles. The molecular formula is C29H32Cl2N4O6S. The molecule has 0 aliphatic carbocycles. The van der Waals surface area contributed by atoms with Gasteiger partial charge in [-0.1, -0.05) is 68.2 Å². The highest BCUT2D eigenvalue weighted by Crippen LogP contribution is 2.28. The lowest BCUT2D eigenvalue weighted by Crippen LogP contribution is -2.52. The summed E-state index contributed by atoms with van der Waals surface area (Å²) in [7, 11) is -4.30. The first kappa shape index (κ1) is 32.8. The largest absolute Gasteiger partial charge is 0.354 e. The number of nitrogens with one attached hydrogen (secondary N) is 1. The molecule has 0 radical (unpaired) electrons. The van der Waals surface area contributed by atoms with Crippen LogP contribution in [0.1, 0.15) is 32.8 Å². The lowest BCUT2D eigenvalue weighted by Gasteiger charge is -2.33. The first-order valence-corrected chi connectivity index (χ1v) is 15.4. The van der Waals surface area contributed by atoms with Crippen molar-refractivity contribution in [3.63, 3.8) is 0 Å². The van der Waals surface area contributed by atoms with Crippen molar-refractivity contribution in [1.82, 2.24) is 10.2 Å². The zero-order valence-corrected chi connectivity index (χ0v) is 25.7. The van der Waals surface area contributed by atoms with E-state index in [4.69, 9.17) is 23.2 Å². The second kappa shape index (κ2) is 14.5. The number of nitro groups is 1. The summed E-state index contributed by atoms with van der Waals surface area (Å²) < 4.78 is 28.5. The maximum Gasteiger partial charge on any atom is 0.269 e. The van der Waals surface area contributed by atoms with Crippen molar-refractivity contribution in [3.8, 4) is 0 Å². The van der Waals surface area contributed by atoms with E-state index in [1.165, 1.54) is 35.2 Å². The maximum absolute atomic E-state index is 14.1. The lowest BCUT2D eigenvalue weighted by molar-refractivity contribution is -0.384. The third kappa shape index (κ3) is 8.21. The minimum absolute atomic E-state index is 0.0413. The van der Waals surface area contributed by atoms with E-state index in [2.05, 4.69) is 5.32 Å². The Labute approximate surface area is 255 Å². The van der Waals surface area contributed by atoms with Gasteiger partial charge in [-0.3, -0.25) is 24.0 Å². The summed E-state index contributed by atoms with van der Waals surface area (Å²) in [6, 6.07) is 16.2. The Bertz CT molecular complexity index is 1520. The molecule has 0 aliphatic rings. The van der Waals surface area contributed by atoms with Gasteiger partial charge in [-0.15, -0.1) is 0 Å². The molecule has 3 aromatic rings. The Morgan fingerprint density at radius 1 is 1.00 bits per heavy atom. The van der Waals surface area contributed by atoms with Gasteiger partial charge in [0.25, 0.3) is 15.7 Å². The Balaban J connectivity index is 2.08. The molecule has 0 fully saturated rings. The Kier molecular flexibility index (Phi) is 11.3. The van der Waals surface area contributed by atoms with Gasteiger partial charge in [0.05, 0.1) is 15.5 Å². The fourth-order valence-corrected chi connectivity index (χ4v) is 6.07. The van der Waals surface area contributed by atoms with E-state index in [0.717, 1.165) is 16.4 Å². The van der Waals surface area contributed by atoms with Crippen molar-refractivity contribution in [2.75, 3.05) is 17.4 Å². The van der Waals surface area contributed by atoms with Gasteiger partial charge in [-0.2, -0.15) is 0 Å². The highest BCUT2D eigenvalue weighted by molar-refractivity contribution is 7.92. The van der Waals surface area contributed by atoms with Crippen molar-refractivity contribution < 1.29 is 22.9 Å². The summed E-state index contributed by atoms with van der Waals surface area (Å²) in [4.78, 5) is 39.2. The number of nitro benzene ring substituents is 1. The van der Waals surface area contributed by atoms with E-state index in [1.54, 1.807) is 37.3 Å². The van der Waals surface area contributed by atoms with E-state index in [-0.39, 0.29) is 40.2 Å². The van der Waals surface area contributed by atoms with Crippen LogP contribution in [0.15, 0.2) is 77.7 Å². The zero-order valence-electron chi connectivity index (χ0n) is 23.4. The van der Waals surface area contributed by atoms with Gasteiger partial charge in [0.1, 0.15) is 12.6 Å². The van der Waals surface area contributed by atoms with E-state index in [9.17, 15) is 28.1 Å². The SMILES string of the molecule is CC[C@@H](C(=O)NCC(C)C)N(Cc1ccc(Cl)cc1Cl)C(=O)CN(c1ccc([N+](=O)[O-])cc1)S(=O)(=O)c1ccccc1. The van der Waals surface area contributed by atoms with Crippen LogP contribution in [-0.4, -0.2) is 49.2 Å². The molecule has 2 amide bonds. The predicted molar refractivity (Wildman–Crippen MR) is 163 cm³/mol. The number of sulfonamides is 1. The lowest BCUT2D eigenvalue weighted by atomic mass is 10.1. The Morgan fingerprint density at radius 3 is 2.19 bits per heavy atom. The van der Waals surface area contributed by atoms with E-state index >= 15 is 0 Å². The molecule has 10 nitrogen and oxygen atoms in total. The van der Waals surface area contributed by atoms with Crippen molar-refractivity contribution in [1.29, 1.82) is 0 Å². The van der Waals surface area contributed by atoms with Crippen LogP contribution in [0, 0.1) is 16.0 Å². The van der Waals surface area contributed by atoms with Crippen LogP contribution in [0.2, 0.25) is 10.0 Å². The van der Waals surface area contributed by atoms with Crippen LogP contribution < -0.4 is 9.62 Å². The monoisotopic (exact) mass is 634 g/mol. The third-order valence-corrected chi connectivity index (χ3v) is 8.76. The average Bonchev–Trinajstić information content (AvgIpc) is 2.96. The molecule has 0 bridgehead atoms. The van der Waals surface area contributed by atoms with Crippen LogP contribution >= 0.6 is 23.2 Å². The minimum atomic E-state index is -4.30. The number of anilines is 1. The normalized spacial score (nSPS) is 12.0. The van der Waals surface area contributed by atoms with E-state index < -0.39 is 39.3 Å². The van der Waals surface area contributed by atoms with E-state index in [0.29, 0.717) is 17.1 Å². The number of non-ortho nitro benzene ring substituents is 1. The van der Waals surface area contributed by atoms with Crippen LogP contribution in [0.4, 0.5) is 11.4 Å². The van der Waals surface area contributed by atoms with Crippen molar-refractivity contribution in [2.24, 2.45) is 5.92 Å². The van der Waals surface area contributed by atoms with Crippen molar-refractivity contribution in [3.05, 3.63) is 98.5 Å². The molecule has 1 atom stereocenters. The second-order valence-electron chi connectivity index (χ2n) is 9.92. The van der Waals surface area contributed by atoms with Gasteiger partial charge >= 0.3 is 0 Å². The minimum Gasteiger partial charge on any atom is -0.354 e. The summed E-state index contributed by atoms with van der Waals surface area (Å²) in [5.74, 6) is -0.905. The first-order chi connectivity index (χ1) is 19.8. The second-order valence-corrected chi connectivity index (χ2v) is 12.6. The smallest absolute Gasteiger partial charge is 0.269 e. The number of halogens is 2. The van der Waals surface area contributed by atoms with Crippen LogP contribution in [0.3, 0.4) is 0 Å². The van der Waals surface area contributed by atoms with Crippen LogP contribution in [0.5, 0.6) is 0 Å². The summed E-state index contributed by atoms with van der Waals surface area (Å²) in [6.45, 7) is 5.23. The molecule has 0 unspecified atom stereocenters. The number of benzene rings is 3. The molecule has 0 aromatic heterocycles. The van der Waals surface area contributed by atoms with Crippen LogP contribution in [0.25, 0.3) is 0 Å². The number of nitrogens with zero attached hydrogens (tertiary/aromatic N) is 3. The topological polar surface area (TPSA) is 130 Å². The fourth-order valence-electron chi connectivity index (χ4n) is 4.16. The van der Waals surface area contributed by atoms with Crippen molar-refractivity contribution in [2.45, 2.75) is 44.7 Å². The molecule has 224 valence electrons. The first-order valence-electron chi connectivity index (χ1n) is 13.2. The average molecular weight is 636 g/mol. The van der Waals surface area contributed by atoms with E-state index in [1.807, 2.05) is 13.8 Å². The molecule has 0 saturated heterocycles. The number of hydrogen-bond acceptors (Lipinski definition) is 6. The number of hydrogen-bond donors (Lipinski definition) is 1. The Morgan fingerprint density at radius 2 is 1.64 bits per heavy atom. The number of rotatable bonds is 13. The third-order valence-electron chi connectivity index (χ3n) is 6.38. The van der Waals surface area contributed by atoms with Gasteiger partial charge in [0, 0.05) is 35.3 Å². The number of carbonyl (C=O) groups excluding carboxylic acids is 2. The summed E-state index contributed by atoms with van der Waals surface area (Å²) in [5, 5.41) is 14.7. The zero-order chi connectivity index (χ0) is 31.0. The Hall–Kier alpha value is -3.67. The number of carbonyl (C=O) groups is 2. The highest BCUT2D eigenvalue weighted by atomic mass is 35.5. The van der Waals surface area contributed by atoms with Gasteiger partial charge in [-0.25, -0.2) is 8.42 Å². The summed E-state index contributed by atoms with van der Waals surface area (Å²) >= 11 is 12.5. The molecule has 0 aliphatic heterocycles. The van der Waals surface area contributed by atoms with Gasteiger partial charge in [-0.05, 0) is 54.3 Å². The quantitative estimate of drug-likeness (QED) is 0.190. The van der Waals surface area contributed by atoms with Crippen molar-refractivity contribution >= 4 is 56.4 Å². The van der Waals surface area contributed by atoms with Gasteiger partial charge < -0.3 is 10.2 Å². The molecule has 1 N–H and O–H groups in total. The standard InChI is InChI=1S/C29H32Cl2N4O6S/c1-4-27(29(37)32-17-20(2)3)33(18-21-10-11-22(30)16-26(21)31)28(36)19-34(23-12-14-24(15-13-23)35(38)39)42(40,41)25-8-6-5-7-9-25/h5-16,20,27H,4,17-19H2,1-3H3,(H,32,37)/t27-/m0/s1. The molecule has 0 heterocycles. The molecule has 3 rings (SSSR count). The molecule has 42 heavy (non-hydrogen) atoms. The maximum atomic E-state index is 14.1. The predicted octanol–water partition coefficient (Wildman–Crippen LogP) is 5.68. The van der Waals surface area contributed by atoms with Crippen LogP contribution in [-0.2, 0) is 26.2 Å². The molecule has 0 spiro atoms.